The number of nitriles is 1. The number of aromatic nitrogens is 2. The normalized spacial score (nSPS) is 10.6. The Kier molecular flexibility index (Phi) is 3.05. The lowest BCUT2D eigenvalue weighted by Gasteiger charge is -2.01. The van der Waals surface area contributed by atoms with Crippen molar-refractivity contribution < 1.29 is 4.39 Å². The minimum atomic E-state index is -0.530. The Hall–Kier alpha value is -2.52. The number of nitrogen functional groups attached to an aromatic ring is 1. The lowest BCUT2D eigenvalue weighted by Crippen LogP contribution is -1.87. The number of hydrogen-bond acceptors (Lipinski definition) is 4. The molecule has 3 aromatic rings. The molecule has 3 rings (SSSR count). The molecule has 0 bridgehead atoms. The molecule has 0 spiro atoms. The summed E-state index contributed by atoms with van der Waals surface area (Å²) in [5.74, 6) is -0.530. The van der Waals surface area contributed by atoms with Crippen LogP contribution in [0.4, 0.5) is 10.1 Å². The zero-order valence-electron chi connectivity index (χ0n) is 10.2. The summed E-state index contributed by atoms with van der Waals surface area (Å²) < 4.78 is 13.5. The Labute approximate surface area is 118 Å². The molecule has 6 heteroatoms. The highest BCUT2D eigenvalue weighted by atomic mass is 32.2. The summed E-state index contributed by atoms with van der Waals surface area (Å²) in [6, 6.07) is 11.7. The van der Waals surface area contributed by atoms with Crippen LogP contribution in [-0.2, 0) is 0 Å². The van der Waals surface area contributed by atoms with E-state index in [2.05, 4.69) is 9.97 Å². The molecule has 4 nitrogen and oxygen atoms in total. The van der Waals surface area contributed by atoms with Gasteiger partial charge in [0.15, 0.2) is 5.16 Å². The number of imidazole rings is 1. The maximum absolute atomic E-state index is 13.5. The number of rotatable bonds is 2. The van der Waals surface area contributed by atoms with Crippen LogP contribution in [0, 0.1) is 17.1 Å². The second-order valence-electron chi connectivity index (χ2n) is 4.15. The summed E-state index contributed by atoms with van der Waals surface area (Å²) in [6.07, 6.45) is 0. The van der Waals surface area contributed by atoms with E-state index in [1.54, 1.807) is 24.3 Å². The first-order chi connectivity index (χ1) is 9.67. The number of H-pyrrole nitrogens is 1. The number of benzene rings is 2. The summed E-state index contributed by atoms with van der Waals surface area (Å²) in [5, 5.41) is 9.59. The number of halogens is 1. The van der Waals surface area contributed by atoms with Crippen LogP contribution in [0.25, 0.3) is 11.0 Å². The van der Waals surface area contributed by atoms with Crippen LogP contribution >= 0.6 is 11.8 Å². The lowest BCUT2D eigenvalue weighted by atomic mass is 10.2. The first-order valence-corrected chi connectivity index (χ1v) is 6.61. The summed E-state index contributed by atoms with van der Waals surface area (Å²) in [6.45, 7) is 0. The molecular formula is C14H9FN4S. The van der Waals surface area contributed by atoms with Crippen molar-refractivity contribution >= 4 is 28.5 Å². The van der Waals surface area contributed by atoms with E-state index < -0.39 is 5.82 Å². The van der Waals surface area contributed by atoms with Crippen LogP contribution < -0.4 is 5.73 Å². The molecule has 0 atom stereocenters. The molecule has 1 aromatic heterocycles. The number of anilines is 1. The van der Waals surface area contributed by atoms with Gasteiger partial charge in [-0.15, -0.1) is 0 Å². The largest absolute Gasteiger partial charge is 0.399 e. The van der Waals surface area contributed by atoms with Crippen molar-refractivity contribution in [2.75, 3.05) is 5.73 Å². The number of aromatic amines is 1. The Morgan fingerprint density at radius 1 is 1.30 bits per heavy atom. The van der Waals surface area contributed by atoms with Crippen molar-refractivity contribution in [1.29, 1.82) is 5.26 Å². The highest BCUT2D eigenvalue weighted by Crippen LogP contribution is 2.31. The molecule has 0 radical (unpaired) electrons. The van der Waals surface area contributed by atoms with Gasteiger partial charge in [0.2, 0.25) is 0 Å². The van der Waals surface area contributed by atoms with E-state index in [4.69, 9.17) is 11.0 Å². The summed E-state index contributed by atoms with van der Waals surface area (Å²) in [5.41, 5.74) is 7.95. The van der Waals surface area contributed by atoms with Gasteiger partial charge in [0.1, 0.15) is 17.4 Å². The number of nitrogens with two attached hydrogens (primary N) is 1. The first kappa shape index (κ1) is 12.5. The number of nitrogens with one attached hydrogen (secondary N) is 1. The maximum Gasteiger partial charge on any atom is 0.171 e. The second kappa shape index (κ2) is 4.87. The standard InChI is InChI=1S/C14H9FN4S/c15-10-2-1-3-13(9(10)7-16)20-14-18-11-5-4-8(17)6-12(11)19-14/h1-6H,17H2,(H,18,19). The van der Waals surface area contributed by atoms with Gasteiger partial charge in [-0.1, -0.05) is 17.8 Å². The van der Waals surface area contributed by atoms with Crippen LogP contribution in [0.5, 0.6) is 0 Å². The molecule has 2 aromatic carbocycles. The third kappa shape index (κ3) is 2.19. The van der Waals surface area contributed by atoms with Crippen LogP contribution in [0.3, 0.4) is 0 Å². The Balaban J connectivity index is 2.02. The van der Waals surface area contributed by atoms with Gasteiger partial charge < -0.3 is 10.7 Å². The average molecular weight is 284 g/mol. The number of hydrogen-bond donors (Lipinski definition) is 2. The van der Waals surface area contributed by atoms with E-state index >= 15 is 0 Å². The molecule has 1 heterocycles. The molecule has 0 aliphatic carbocycles. The van der Waals surface area contributed by atoms with Crippen molar-refractivity contribution in [2.24, 2.45) is 0 Å². The van der Waals surface area contributed by atoms with E-state index in [1.807, 2.05) is 12.1 Å². The summed E-state index contributed by atoms with van der Waals surface area (Å²) >= 11 is 1.21. The molecule has 0 fully saturated rings. The third-order valence-electron chi connectivity index (χ3n) is 2.78. The molecule has 3 N–H and O–H groups in total. The van der Waals surface area contributed by atoms with Crippen LogP contribution in [0.2, 0.25) is 0 Å². The molecular weight excluding hydrogens is 275 g/mol. The van der Waals surface area contributed by atoms with Gasteiger partial charge in [-0.05, 0) is 30.3 Å². The van der Waals surface area contributed by atoms with E-state index in [9.17, 15) is 4.39 Å². The Bertz CT molecular complexity index is 835. The van der Waals surface area contributed by atoms with Gasteiger partial charge in [0.25, 0.3) is 0 Å². The monoisotopic (exact) mass is 284 g/mol. The molecule has 98 valence electrons. The van der Waals surface area contributed by atoms with Crippen LogP contribution in [0.15, 0.2) is 46.5 Å². The topological polar surface area (TPSA) is 78.5 Å². The minimum absolute atomic E-state index is 0.0254. The summed E-state index contributed by atoms with van der Waals surface area (Å²) in [7, 11) is 0. The van der Waals surface area contributed by atoms with Crippen LogP contribution in [0.1, 0.15) is 5.56 Å². The highest BCUT2D eigenvalue weighted by Gasteiger charge is 2.11. The minimum Gasteiger partial charge on any atom is -0.399 e. The van der Waals surface area contributed by atoms with Crippen molar-refractivity contribution in [3.8, 4) is 6.07 Å². The van der Waals surface area contributed by atoms with Crippen LogP contribution in [-0.4, -0.2) is 9.97 Å². The van der Waals surface area contributed by atoms with Gasteiger partial charge in [-0.2, -0.15) is 5.26 Å². The molecule has 20 heavy (non-hydrogen) atoms. The molecule has 0 aliphatic heterocycles. The summed E-state index contributed by atoms with van der Waals surface area (Å²) in [4.78, 5) is 8.00. The quantitative estimate of drug-likeness (QED) is 0.708. The fraction of sp³-hybridized carbons (Fsp3) is 0. The van der Waals surface area contributed by atoms with Crippen molar-refractivity contribution in [1.82, 2.24) is 9.97 Å². The van der Waals surface area contributed by atoms with Gasteiger partial charge in [0.05, 0.1) is 11.0 Å². The van der Waals surface area contributed by atoms with E-state index in [0.717, 1.165) is 11.0 Å². The molecule has 0 aliphatic rings. The van der Waals surface area contributed by atoms with E-state index in [1.165, 1.54) is 17.8 Å². The fourth-order valence-electron chi connectivity index (χ4n) is 1.85. The predicted molar refractivity (Wildman–Crippen MR) is 75.7 cm³/mol. The Morgan fingerprint density at radius 2 is 2.15 bits per heavy atom. The second-order valence-corrected chi connectivity index (χ2v) is 5.18. The van der Waals surface area contributed by atoms with Gasteiger partial charge in [-0.25, -0.2) is 9.37 Å². The van der Waals surface area contributed by atoms with E-state index in [0.29, 0.717) is 15.7 Å². The number of nitrogens with zero attached hydrogens (tertiary/aromatic N) is 2. The zero-order valence-corrected chi connectivity index (χ0v) is 11.0. The van der Waals surface area contributed by atoms with Gasteiger partial charge in [-0.3, -0.25) is 0 Å². The maximum atomic E-state index is 13.5. The molecule has 0 saturated carbocycles. The lowest BCUT2D eigenvalue weighted by molar-refractivity contribution is 0.620. The smallest absolute Gasteiger partial charge is 0.171 e. The predicted octanol–water partition coefficient (Wildman–Crippen LogP) is 3.31. The van der Waals surface area contributed by atoms with Crippen molar-refractivity contribution in [3.05, 3.63) is 47.8 Å². The molecule has 0 unspecified atom stereocenters. The molecule has 0 saturated heterocycles. The van der Waals surface area contributed by atoms with Crippen molar-refractivity contribution in [3.63, 3.8) is 0 Å². The zero-order chi connectivity index (χ0) is 14.1. The van der Waals surface area contributed by atoms with Crippen molar-refractivity contribution in [2.45, 2.75) is 10.1 Å². The third-order valence-corrected chi connectivity index (χ3v) is 3.72. The SMILES string of the molecule is N#Cc1c(F)cccc1Sc1nc2ccc(N)cc2[nH]1. The molecule has 0 amide bonds. The van der Waals surface area contributed by atoms with Gasteiger partial charge in [0, 0.05) is 10.6 Å². The highest BCUT2D eigenvalue weighted by molar-refractivity contribution is 7.99. The fourth-order valence-corrected chi connectivity index (χ4v) is 2.76. The Morgan fingerprint density at radius 3 is 2.95 bits per heavy atom. The van der Waals surface area contributed by atoms with E-state index in [-0.39, 0.29) is 5.56 Å². The number of fused-ring (bicyclic) bond motifs is 1. The first-order valence-electron chi connectivity index (χ1n) is 5.79. The van der Waals surface area contributed by atoms with Gasteiger partial charge >= 0.3 is 0 Å². The average Bonchev–Trinajstić information content (AvgIpc) is 2.80.